The number of nitrogens with one attached hydrogen (secondary N) is 1. The van der Waals surface area contributed by atoms with Crippen LogP contribution in [0.1, 0.15) is 20.3 Å². The molecule has 1 unspecified atom stereocenters. The van der Waals surface area contributed by atoms with Crippen LogP contribution in [0.4, 0.5) is 0 Å². The number of carbonyl (C=O) groups excluding carboxylic acids is 1. The Morgan fingerprint density at radius 3 is 2.40 bits per heavy atom. The second-order valence-electron chi connectivity index (χ2n) is 6.27. The van der Waals surface area contributed by atoms with Gasteiger partial charge in [0.2, 0.25) is 5.91 Å². The third-order valence-corrected chi connectivity index (χ3v) is 6.26. The maximum absolute atomic E-state index is 12.7. The lowest BCUT2D eigenvalue weighted by Gasteiger charge is -2.42. The van der Waals surface area contributed by atoms with Crippen LogP contribution in [0.15, 0.2) is 0 Å². The summed E-state index contributed by atoms with van der Waals surface area (Å²) in [4.78, 5) is 16.5. The number of amides is 1. The zero-order valence-electron chi connectivity index (χ0n) is 12.6. The van der Waals surface area contributed by atoms with E-state index in [1.807, 2.05) is 13.8 Å². The number of nitrogens with zero attached hydrogens (tertiary/aromatic N) is 2. The predicted octanol–water partition coefficient (Wildman–Crippen LogP) is -0.684. The third kappa shape index (κ3) is 3.15. The van der Waals surface area contributed by atoms with Gasteiger partial charge in [-0.3, -0.25) is 9.69 Å². The minimum Gasteiger partial charge on any atom is -0.340 e. The molecule has 2 rings (SSSR count). The Hall–Kier alpha value is -0.660. The van der Waals surface area contributed by atoms with Gasteiger partial charge in [0, 0.05) is 39.3 Å². The van der Waals surface area contributed by atoms with Gasteiger partial charge < -0.3 is 10.2 Å². The first-order chi connectivity index (χ1) is 9.24. The van der Waals surface area contributed by atoms with Crippen molar-refractivity contribution < 1.29 is 13.2 Å². The van der Waals surface area contributed by atoms with Crippen LogP contribution in [-0.4, -0.2) is 80.4 Å². The molecule has 2 fully saturated rings. The molecule has 0 radical (unpaired) electrons. The van der Waals surface area contributed by atoms with Crippen molar-refractivity contribution in [2.45, 2.75) is 31.8 Å². The van der Waals surface area contributed by atoms with E-state index in [0.29, 0.717) is 6.42 Å². The van der Waals surface area contributed by atoms with Gasteiger partial charge in [-0.1, -0.05) is 0 Å². The zero-order chi connectivity index (χ0) is 15.0. The van der Waals surface area contributed by atoms with Crippen LogP contribution in [-0.2, 0) is 14.6 Å². The monoisotopic (exact) mass is 303 g/mol. The number of sulfone groups is 1. The highest BCUT2D eigenvalue weighted by atomic mass is 32.2. The average Bonchev–Trinajstić information content (AvgIpc) is 2.78. The quantitative estimate of drug-likeness (QED) is 0.748. The summed E-state index contributed by atoms with van der Waals surface area (Å²) < 4.78 is 23.1. The zero-order valence-corrected chi connectivity index (χ0v) is 13.4. The van der Waals surface area contributed by atoms with Gasteiger partial charge in [-0.2, -0.15) is 0 Å². The molecule has 2 heterocycles. The molecule has 0 bridgehead atoms. The highest BCUT2D eigenvalue weighted by Gasteiger charge is 2.41. The Labute approximate surface area is 121 Å². The minimum absolute atomic E-state index is 0.0153. The molecule has 2 aliphatic heterocycles. The van der Waals surface area contributed by atoms with Gasteiger partial charge in [0.25, 0.3) is 0 Å². The van der Waals surface area contributed by atoms with Crippen molar-refractivity contribution in [3.05, 3.63) is 0 Å². The maximum atomic E-state index is 12.7. The average molecular weight is 303 g/mol. The van der Waals surface area contributed by atoms with Crippen LogP contribution < -0.4 is 5.32 Å². The molecule has 2 saturated heterocycles. The van der Waals surface area contributed by atoms with E-state index in [2.05, 4.69) is 10.2 Å². The summed E-state index contributed by atoms with van der Waals surface area (Å²) in [6.07, 6.45) is 0.558. The molecule has 0 aromatic heterocycles. The van der Waals surface area contributed by atoms with Crippen LogP contribution in [0.2, 0.25) is 0 Å². The molecule has 1 amide bonds. The molecular weight excluding hydrogens is 278 g/mol. The Morgan fingerprint density at radius 1 is 1.30 bits per heavy atom. The van der Waals surface area contributed by atoms with E-state index < -0.39 is 15.4 Å². The molecule has 6 nitrogen and oxygen atoms in total. The van der Waals surface area contributed by atoms with Crippen LogP contribution >= 0.6 is 0 Å². The lowest BCUT2D eigenvalue weighted by Crippen LogP contribution is -2.61. The predicted molar refractivity (Wildman–Crippen MR) is 78.4 cm³/mol. The van der Waals surface area contributed by atoms with E-state index in [1.54, 1.807) is 11.9 Å². The lowest BCUT2D eigenvalue weighted by molar-refractivity contribution is -0.143. The number of piperazine rings is 1. The molecule has 1 atom stereocenters. The maximum Gasteiger partial charge on any atom is 0.242 e. The first-order valence-corrected chi connectivity index (χ1v) is 8.99. The lowest BCUT2D eigenvalue weighted by atomic mass is 9.98. The fourth-order valence-electron chi connectivity index (χ4n) is 3.04. The van der Waals surface area contributed by atoms with E-state index in [4.69, 9.17) is 0 Å². The summed E-state index contributed by atoms with van der Waals surface area (Å²) in [5, 5.41) is 3.27. The van der Waals surface area contributed by atoms with Crippen LogP contribution in [0.5, 0.6) is 0 Å². The standard InChI is InChI=1S/C13H25N3O3S/c1-13(2,16-7-5-14-6-8-16)12(17)15(3)11-4-9-20(18,19)10-11/h11,14H,4-10H2,1-3H3. The summed E-state index contributed by atoms with van der Waals surface area (Å²) in [6.45, 7) is 7.32. The van der Waals surface area contributed by atoms with Crippen molar-refractivity contribution >= 4 is 15.7 Å². The van der Waals surface area contributed by atoms with Crippen LogP contribution in [0.3, 0.4) is 0 Å². The van der Waals surface area contributed by atoms with Crippen molar-refractivity contribution in [1.29, 1.82) is 0 Å². The molecule has 2 aliphatic rings. The van der Waals surface area contributed by atoms with Gasteiger partial charge >= 0.3 is 0 Å². The third-order valence-electron chi connectivity index (χ3n) is 4.51. The van der Waals surface area contributed by atoms with Crippen molar-refractivity contribution in [2.75, 3.05) is 44.7 Å². The summed E-state index contributed by atoms with van der Waals surface area (Å²) in [6, 6.07) is -0.172. The Morgan fingerprint density at radius 2 is 1.90 bits per heavy atom. The molecular formula is C13H25N3O3S. The van der Waals surface area contributed by atoms with Gasteiger partial charge in [-0.15, -0.1) is 0 Å². The molecule has 1 N–H and O–H groups in total. The Kier molecular flexibility index (Phi) is 4.41. The summed E-state index contributed by atoms with van der Waals surface area (Å²) in [5.41, 5.74) is -0.580. The highest BCUT2D eigenvalue weighted by molar-refractivity contribution is 7.91. The van der Waals surface area contributed by atoms with Gasteiger partial charge in [-0.25, -0.2) is 8.42 Å². The molecule has 0 saturated carbocycles. The number of hydrogen-bond acceptors (Lipinski definition) is 5. The largest absolute Gasteiger partial charge is 0.340 e. The van der Waals surface area contributed by atoms with Crippen molar-refractivity contribution in [3.8, 4) is 0 Å². The van der Waals surface area contributed by atoms with E-state index in [0.717, 1.165) is 26.2 Å². The van der Waals surface area contributed by atoms with E-state index in [9.17, 15) is 13.2 Å². The molecule has 0 aliphatic carbocycles. The van der Waals surface area contributed by atoms with E-state index >= 15 is 0 Å². The molecule has 0 spiro atoms. The van der Waals surface area contributed by atoms with Gasteiger partial charge in [-0.05, 0) is 20.3 Å². The smallest absolute Gasteiger partial charge is 0.242 e. The summed E-state index contributed by atoms with van der Waals surface area (Å²) in [5.74, 6) is 0.317. The number of rotatable bonds is 3. The molecule has 20 heavy (non-hydrogen) atoms. The Balaban J connectivity index is 2.05. The Bertz CT molecular complexity index is 469. The highest BCUT2D eigenvalue weighted by Crippen LogP contribution is 2.23. The number of hydrogen-bond donors (Lipinski definition) is 1. The fraction of sp³-hybridized carbons (Fsp3) is 0.923. The summed E-state index contributed by atoms with van der Waals surface area (Å²) >= 11 is 0. The second-order valence-corrected chi connectivity index (χ2v) is 8.50. The van der Waals surface area contributed by atoms with Crippen molar-refractivity contribution in [2.24, 2.45) is 0 Å². The molecule has 0 aromatic carbocycles. The van der Waals surface area contributed by atoms with Gasteiger partial charge in [0.1, 0.15) is 0 Å². The minimum atomic E-state index is -2.96. The fourth-order valence-corrected chi connectivity index (χ4v) is 4.81. The topological polar surface area (TPSA) is 69.7 Å². The van der Waals surface area contributed by atoms with Crippen LogP contribution in [0.25, 0.3) is 0 Å². The van der Waals surface area contributed by atoms with Gasteiger partial charge in [0.15, 0.2) is 9.84 Å². The van der Waals surface area contributed by atoms with Crippen LogP contribution in [0, 0.1) is 0 Å². The van der Waals surface area contributed by atoms with Gasteiger partial charge in [0.05, 0.1) is 17.0 Å². The van der Waals surface area contributed by atoms with E-state index in [1.165, 1.54) is 0 Å². The second kappa shape index (κ2) is 5.61. The normalized spacial score (nSPS) is 27.4. The SMILES string of the molecule is CN(C(=O)C(C)(C)N1CCNCC1)C1CCS(=O)(=O)C1. The first kappa shape index (κ1) is 15.7. The van der Waals surface area contributed by atoms with E-state index in [-0.39, 0.29) is 23.5 Å². The van der Waals surface area contributed by atoms with Crippen molar-refractivity contribution in [3.63, 3.8) is 0 Å². The molecule has 0 aromatic rings. The molecule has 7 heteroatoms. The van der Waals surface area contributed by atoms with Crippen molar-refractivity contribution in [1.82, 2.24) is 15.1 Å². The molecule has 116 valence electrons. The summed E-state index contributed by atoms with van der Waals surface area (Å²) in [7, 11) is -1.23. The number of likely N-dealkylation sites (N-methyl/N-ethyl adjacent to an activating group) is 1. The first-order valence-electron chi connectivity index (χ1n) is 7.17. The number of carbonyl (C=O) groups is 1.